The van der Waals surface area contributed by atoms with Crippen LogP contribution in [-0.2, 0) is 4.74 Å². The Morgan fingerprint density at radius 2 is 2.19 bits per heavy atom. The van der Waals surface area contributed by atoms with Crippen molar-refractivity contribution in [1.82, 2.24) is 4.57 Å². The third-order valence-corrected chi connectivity index (χ3v) is 3.47. The van der Waals surface area contributed by atoms with Gasteiger partial charge >= 0.3 is 5.97 Å². The van der Waals surface area contributed by atoms with Crippen molar-refractivity contribution < 1.29 is 14.6 Å². The number of aryl methyl sites for hydroxylation is 1. The number of phenolic OH excluding ortho intramolecular Hbond substituents is 1. The van der Waals surface area contributed by atoms with Gasteiger partial charge in [0.25, 0.3) is 0 Å². The summed E-state index contributed by atoms with van der Waals surface area (Å²) < 4.78 is 6.01. The zero-order chi connectivity index (χ0) is 15.7. The summed E-state index contributed by atoms with van der Waals surface area (Å²) in [7, 11) is 1.21. The zero-order valence-corrected chi connectivity index (χ0v) is 12.1. The van der Waals surface area contributed by atoms with Crippen molar-refractivity contribution in [3.05, 3.63) is 40.2 Å². The van der Waals surface area contributed by atoms with Crippen LogP contribution in [0.1, 0.15) is 21.6 Å². The van der Waals surface area contributed by atoms with Crippen molar-refractivity contribution in [3.63, 3.8) is 0 Å². The van der Waals surface area contributed by atoms with Gasteiger partial charge in [-0.3, -0.25) is 0 Å². The standard InChI is InChI=1S/C14H12ClN3O3/c1-7-3-4-9(10(15)13(7)19)18-6-8(5-16)11(17)12(18)14(20)21-2/h3-4,6,19H,17H2,1-2H3. The Hall–Kier alpha value is -2.65. The summed E-state index contributed by atoms with van der Waals surface area (Å²) in [6, 6.07) is 5.15. The molecule has 0 fully saturated rings. The highest BCUT2D eigenvalue weighted by molar-refractivity contribution is 6.34. The SMILES string of the molecule is COC(=O)c1c(N)c(C#N)cn1-c1ccc(C)c(O)c1Cl. The van der Waals surface area contributed by atoms with E-state index in [9.17, 15) is 9.90 Å². The molecule has 0 saturated heterocycles. The minimum atomic E-state index is -0.704. The third-order valence-electron chi connectivity index (χ3n) is 3.10. The molecule has 21 heavy (non-hydrogen) atoms. The van der Waals surface area contributed by atoms with E-state index in [2.05, 4.69) is 4.74 Å². The highest BCUT2D eigenvalue weighted by Gasteiger charge is 2.23. The van der Waals surface area contributed by atoms with Crippen molar-refractivity contribution in [2.24, 2.45) is 0 Å². The molecule has 0 atom stereocenters. The van der Waals surface area contributed by atoms with Gasteiger partial charge in [0, 0.05) is 6.20 Å². The molecule has 0 unspecified atom stereocenters. The quantitative estimate of drug-likeness (QED) is 0.829. The first-order chi connectivity index (χ1) is 9.92. The highest BCUT2D eigenvalue weighted by atomic mass is 35.5. The molecular weight excluding hydrogens is 294 g/mol. The number of aromatic hydroxyl groups is 1. The molecular formula is C14H12ClN3O3. The maximum Gasteiger partial charge on any atom is 0.357 e. The second-order valence-electron chi connectivity index (χ2n) is 4.34. The van der Waals surface area contributed by atoms with Gasteiger partial charge in [0.05, 0.1) is 24.0 Å². The van der Waals surface area contributed by atoms with Gasteiger partial charge in [-0.1, -0.05) is 17.7 Å². The number of carbonyl (C=O) groups excluding carboxylic acids is 1. The number of aromatic nitrogens is 1. The molecule has 2 aromatic rings. The van der Waals surface area contributed by atoms with Crippen LogP contribution in [0.3, 0.4) is 0 Å². The van der Waals surface area contributed by atoms with E-state index in [1.54, 1.807) is 19.1 Å². The molecule has 2 rings (SSSR count). The fourth-order valence-corrected chi connectivity index (χ4v) is 2.24. The van der Waals surface area contributed by atoms with Gasteiger partial charge in [-0.15, -0.1) is 0 Å². The van der Waals surface area contributed by atoms with Crippen molar-refractivity contribution >= 4 is 23.3 Å². The fraction of sp³-hybridized carbons (Fsp3) is 0.143. The average molecular weight is 306 g/mol. The number of hydrogen-bond donors (Lipinski definition) is 2. The number of nitriles is 1. The van der Waals surface area contributed by atoms with Gasteiger partial charge < -0.3 is 20.1 Å². The first-order valence-corrected chi connectivity index (χ1v) is 6.27. The molecule has 0 bridgehead atoms. The predicted octanol–water partition coefficient (Wildman–Crippen LogP) is 2.39. The summed E-state index contributed by atoms with van der Waals surface area (Å²) in [4.78, 5) is 11.9. The minimum absolute atomic E-state index is 0.000446. The largest absolute Gasteiger partial charge is 0.506 e. The average Bonchev–Trinajstić information content (AvgIpc) is 2.80. The number of methoxy groups -OCH3 is 1. The molecule has 0 spiro atoms. The van der Waals surface area contributed by atoms with E-state index in [-0.39, 0.29) is 27.7 Å². The van der Waals surface area contributed by atoms with E-state index in [0.29, 0.717) is 11.3 Å². The highest BCUT2D eigenvalue weighted by Crippen LogP contribution is 2.35. The number of hydrogen-bond acceptors (Lipinski definition) is 5. The van der Waals surface area contributed by atoms with Gasteiger partial charge in [-0.05, 0) is 18.6 Å². The van der Waals surface area contributed by atoms with Crippen molar-refractivity contribution in [3.8, 4) is 17.5 Å². The molecule has 108 valence electrons. The number of nitrogens with zero attached hydrogens (tertiary/aromatic N) is 2. The number of carbonyl (C=O) groups is 1. The summed E-state index contributed by atoms with van der Waals surface area (Å²) in [5.74, 6) is -0.805. The normalized spacial score (nSPS) is 10.2. The lowest BCUT2D eigenvalue weighted by Gasteiger charge is -2.12. The van der Waals surface area contributed by atoms with Crippen LogP contribution in [0.2, 0.25) is 5.02 Å². The molecule has 7 heteroatoms. The second-order valence-corrected chi connectivity index (χ2v) is 4.72. The molecule has 1 aromatic carbocycles. The Labute approximate surface area is 125 Å². The maximum absolute atomic E-state index is 11.9. The molecule has 1 heterocycles. The zero-order valence-electron chi connectivity index (χ0n) is 11.3. The summed E-state index contributed by atoms with van der Waals surface area (Å²) in [5.41, 5.74) is 6.81. The molecule has 0 aliphatic carbocycles. The molecule has 6 nitrogen and oxygen atoms in total. The van der Waals surface area contributed by atoms with E-state index in [1.165, 1.54) is 17.9 Å². The van der Waals surface area contributed by atoms with Crippen LogP contribution in [0.15, 0.2) is 18.3 Å². The Morgan fingerprint density at radius 3 is 2.76 bits per heavy atom. The number of nitrogen functional groups attached to an aromatic ring is 1. The Kier molecular flexibility index (Phi) is 3.78. The number of anilines is 1. The number of ether oxygens (including phenoxy) is 1. The number of phenols is 1. The fourth-order valence-electron chi connectivity index (χ4n) is 1.94. The number of nitrogens with two attached hydrogens (primary N) is 1. The van der Waals surface area contributed by atoms with Crippen molar-refractivity contribution in [2.45, 2.75) is 6.92 Å². The number of benzene rings is 1. The van der Waals surface area contributed by atoms with Crippen molar-refractivity contribution in [2.75, 3.05) is 12.8 Å². The van der Waals surface area contributed by atoms with E-state index in [0.717, 1.165) is 0 Å². The first-order valence-electron chi connectivity index (χ1n) is 5.90. The van der Waals surface area contributed by atoms with Crippen LogP contribution in [0.25, 0.3) is 5.69 Å². The summed E-state index contributed by atoms with van der Waals surface area (Å²) in [6.07, 6.45) is 1.37. The van der Waals surface area contributed by atoms with Crippen LogP contribution in [0, 0.1) is 18.3 Å². The van der Waals surface area contributed by atoms with E-state index < -0.39 is 5.97 Å². The van der Waals surface area contributed by atoms with Gasteiger partial charge in [0.1, 0.15) is 16.8 Å². The van der Waals surface area contributed by atoms with Crippen LogP contribution in [-0.4, -0.2) is 22.8 Å². The topological polar surface area (TPSA) is 101 Å². The molecule has 3 N–H and O–H groups in total. The molecule has 0 aliphatic heterocycles. The smallest absolute Gasteiger partial charge is 0.357 e. The first kappa shape index (κ1) is 14.8. The van der Waals surface area contributed by atoms with Crippen LogP contribution in [0.4, 0.5) is 5.69 Å². The summed E-state index contributed by atoms with van der Waals surface area (Å²) in [6.45, 7) is 1.69. The van der Waals surface area contributed by atoms with Crippen LogP contribution >= 0.6 is 11.6 Å². The number of esters is 1. The lowest BCUT2D eigenvalue weighted by molar-refractivity contribution is 0.0593. The van der Waals surface area contributed by atoms with Gasteiger partial charge in [0.15, 0.2) is 5.69 Å². The molecule has 0 amide bonds. The Bertz CT molecular complexity index is 775. The number of halogens is 1. The summed E-state index contributed by atoms with van der Waals surface area (Å²) in [5, 5.41) is 19.0. The molecule has 1 aromatic heterocycles. The lowest BCUT2D eigenvalue weighted by atomic mass is 10.2. The Morgan fingerprint density at radius 1 is 1.52 bits per heavy atom. The van der Waals surface area contributed by atoms with E-state index in [1.807, 2.05) is 6.07 Å². The lowest BCUT2D eigenvalue weighted by Crippen LogP contribution is -2.11. The third kappa shape index (κ3) is 2.28. The van der Waals surface area contributed by atoms with Gasteiger partial charge in [0.2, 0.25) is 0 Å². The van der Waals surface area contributed by atoms with Crippen LogP contribution in [0.5, 0.6) is 5.75 Å². The van der Waals surface area contributed by atoms with Gasteiger partial charge in [-0.25, -0.2) is 4.79 Å². The molecule has 0 saturated carbocycles. The van der Waals surface area contributed by atoms with E-state index in [4.69, 9.17) is 22.6 Å². The van der Waals surface area contributed by atoms with Gasteiger partial charge in [-0.2, -0.15) is 5.26 Å². The molecule has 0 radical (unpaired) electrons. The Balaban J connectivity index is 2.79. The van der Waals surface area contributed by atoms with Crippen LogP contribution < -0.4 is 5.73 Å². The maximum atomic E-state index is 11.9. The van der Waals surface area contributed by atoms with Crippen molar-refractivity contribution in [1.29, 1.82) is 5.26 Å². The number of rotatable bonds is 2. The molecule has 0 aliphatic rings. The monoisotopic (exact) mass is 305 g/mol. The summed E-state index contributed by atoms with van der Waals surface area (Å²) >= 11 is 6.11. The predicted molar refractivity (Wildman–Crippen MR) is 77.6 cm³/mol. The van der Waals surface area contributed by atoms with E-state index >= 15 is 0 Å². The minimum Gasteiger partial charge on any atom is -0.506 e. The second kappa shape index (κ2) is 5.38.